The highest BCUT2D eigenvalue weighted by Gasteiger charge is 2.08. The zero-order chi connectivity index (χ0) is 12.0. The minimum Gasteiger partial charge on any atom is -0.370 e. The van der Waals surface area contributed by atoms with Crippen LogP contribution in [0.15, 0.2) is 24.3 Å². The first-order valence-corrected chi connectivity index (χ1v) is 5.80. The Labute approximate surface area is 97.5 Å². The minimum atomic E-state index is -0.0278. The van der Waals surface area contributed by atoms with Crippen molar-refractivity contribution in [1.29, 1.82) is 0 Å². The number of rotatable bonds is 5. The van der Waals surface area contributed by atoms with Crippen LogP contribution >= 0.6 is 0 Å². The van der Waals surface area contributed by atoms with Gasteiger partial charge in [-0.2, -0.15) is 0 Å². The Morgan fingerprint density at radius 2 is 2.00 bits per heavy atom. The van der Waals surface area contributed by atoms with Crippen molar-refractivity contribution >= 4 is 17.3 Å². The summed E-state index contributed by atoms with van der Waals surface area (Å²) >= 11 is 0. The summed E-state index contributed by atoms with van der Waals surface area (Å²) in [5.41, 5.74) is 1.99. The predicted molar refractivity (Wildman–Crippen MR) is 68.9 cm³/mol. The van der Waals surface area contributed by atoms with Crippen LogP contribution in [0, 0.1) is 0 Å². The molecule has 0 saturated carbocycles. The molecule has 3 heteroatoms. The summed E-state index contributed by atoms with van der Waals surface area (Å²) in [6, 6.07) is 7.92. The summed E-state index contributed by atoms with van der Waals surface area (Å²) in [4.78, 5) is 13.4. The first kappa shape index (κ1) is 12.6. The van der Waals surface area contributed by atoms with Crippen LogP contribution in [0.1, 0.15) is 27.2 Å². The average Bonchev–Trinajstić information content (AvgIpc) is 2.26. The van der Waals surface area contributed by atoms with Crippen molar-refractivity contribution < 1.29 is 4.79 Å². The summed E-state index contributed by atoms with van der Waals surface area (Å²) in [6.07, 6.45) is 1.10. The van der Waals surface area contributed by atoms with E-state index in [9.17, 15) is 4.79 Å². The number of hydrogen-bond acceptors (Lipinski definition) is 2. The molecule has 0 heterocycles. The van der Waals surface area contributed by atoms with Crippen molar-refractivity contribution in [2.24, 2.45) is 0 Å². The van der Waals surface area contributed by atoms with E-state index in [1.165, 1.54) is 6.92 Å². The molecule has 0 saturated heterocycles. The second-order valence-corrected chi connectivity index (χ2v) is 3.78. The third-order valence-corrected chi connectivity index (χ3v) is 2.43. The summed E-state index contributed by atoms with van der Waals surface area (Å²) in [5.74, 6) is -0.0278. The van der Waals surface area contributed by atoms with Crippen LogP contribution in [-0.2, 0) is 4.79 Å². The average molecular weight is 220 g/mol. The van der Waals surface area contributed by atoms with Crippen LogP contribution < -0.4 is 10.2 Å². The summed E-state index contributed by atoms with van der Waals surface area (Å²) in [5, 5.41) is 2.87. The second-order valence-electron chi connectivity index (χ2n) is 3.78. The van der Waals surface area contributed by atoms with E-state index in [0.29, 0.717) is 0 Å². The van der Waals surface area contributed by atoms with Crippen molar-refractivity contribution in [3.63, 3.8) is 0 Å². The van der Waals surface area contributed by atoms with Gasteiger partial charge < -0.3 is 10.2 Å². The molecule has 1 amide bonds. The van der Waals surface area contributed by atoms with Gasteiger partial charge in [-0.15, -0.1) is 0 Å². The molecule has 0 aromatic heterocycles. The second kappa shape index (κ2) is 6.16. The van der Waals surface area contributed by atoms with Crippen LogP contribution in [0.3, 0.4) is 0 Å². The molecule has 0 unspecified atom stereocenters. The van der Waals surface area contributed by atoms with Gasteiger partial charge in [0.15, 0.2) is 0 Å². The summed E-state index contributed by atoms with van der Waals surface area (Å²) in [7, 11) is 0. The molecule has 0 bridgehead atoms. The van der Waals surface area contributed by atoms with E-state index in [2.05, 4.69) is 24.1 Å². The molecular weight excluding hydrogens is 200 g/mol. The molecule has 0 aliphatic rings. The molecule has 1 aromatic carbocycles. The lowest BCUT2D eigenvalue weighted by atomic mass is 10.2. The van der Waals surface area contributed by atoms with Crippen molar-refractivity contribution in [3.05, 3.63) is 24.3 Å². The highest BCUT2D eigenvalue weighted by molar-refractivity contribution is 5.92. The van der Waals surface area contributed by atoms with Gasteiger partial charge in [0.2, 0.25) is 5.91 Å². The van der Waals surface area contributed by atoms with E-state index in [-0.39, 0.29) is 5.91 Å². The number of amides is 1. The Kier molecular flexibility index (Phi) is 4.83. The number of hydrogen-bond donors (Lipinski definition) is 1. The van der Waals surface area contributed by atoms with Crippen molar-refractivity contribution in [2.75, 3.05) is 23.3 Å². The van der Waals surface area contributed by atoms with Crippen molar-refractivity contribution in [3.8, 4) is 0 Å². The number of nitrogens with one attached hydrogen (secondary N) is 1. The standard InChI is InChI=1S/C13H20N2O/c1-4-10-15(5-2)13-9-7-6-8-12(13)14-11(3)16/h6-9H,4-5,10H2,1-3H3,(H,14,16). The molecule has 1 aromatic rings. The zero-order valence-electron chi connectivity index (χ0n) is 10.3. The molecule has 16 heavy (non-hydrogen) atoms. The molecule has 88 valence electrons. The van der Waals surface area contributed by atoms with E-state index < -0.39 is 0 Å². The molecule has 0 aliphatic heterocycles. The van der Waals surface area contributed by atoms with E-state index in [1.54, 1.807) is 0 Å². The van der Waals surface area contributed by atoms with Crippen LogP contribution in [0.25, 0.3) is 0 Å². The van der Waals surface area contributed by atoms with E-state index in [0.717, 1.165) is 30.9 Å². The quantitative estimate of drug-likeness (QED) is 0.827. The number of nitrogens with zero attached hydrogens (tertiary/aromatic N) is 1. The van der Waals surface area contributed by atoms with E-state index >= 15 is 0 Å². The fourth-order valence-corrected chi connectivity index (χ4v) is 1.76. The first-order chi connectivity index (χ1) is 7.69. The topological polar surface area (TPSA) is 32.3 Å². The van der Waals surface area contributed by atoms with Gasteiger partial charge in [0.25, 0.3) is 0 Å². The number of carbonyl (C=O) groups excluding carboxylic acids is 1. The lowest BCUT2D eigenvalue weighted by molar-refractivity contribution is -0.114. The van der Waals surface area contributed by atoms with Crippen LogP contribution in [0.4, 0.5) is 11.4 Å². The first-order valence-electron chi connectivity index (χ1n) is 5.80. The summed E-state index contributed by atoms with van der Waals surface area (Å²) in [6.45, 7) is 7.77. The van der Waals surface area contributed by atoms with Crippen LogP contribution in [0.5, 0.6) is 0 Å². The largest absolute Gasteiger partial charge is 0.370 e. The van der Waals surface area contributed by atoms with Crippen LogP contribution in [0.2, 0.25) is 0 Å². The van der Waals surface area contributed by atoms with Gasteiger partial charge in [0.1, 0.15) is 0 Å². The Morgan fingerprint density at radius 1 is 1.31 bits per heavy atom. The van der Waals surface area contributed by atoms with Gasteiger partial charge >= 0.3 is 0 Å². The molecule has 1 N–H and O–H groups in total. The molecular formula is C13H20N2O. The predicted octanol–water partition coefficient (Wildman–Crippen LogP) is 2.88. The minimum absolute atomic E-state index is 0.0278. The third-order valence-electron chi connectivity index (χ3n) is 2.43. The van der Waals surface area contributed by atoms with Gasteiger partial charge in [0, 0.05) is 20.0 Å². The van der Waals surface area contributed by atoms with E-state index in [1.807, 2.05) is 24.3 Å². The van der Waals surface area contributed by atoms with Gasteiger partial charge in [0.05, 0.1) is 11.4 Å². The normalized spacial score (nSPS) is 9.94. The summed E-state index contributed by atoms with van der Waals surface area (Å²) < 4.78 is 0. The highest BCUT2D eigenvalue weighted by Crippen LogP contribution is 2.25. The Hall–Kier alpha value is -1.51. The Morgan fingerprint density at radius 3 is 2.56 bits per heavy atom. The maximum absolute atomic E-state index is 11.1. The van der Waals surface area contributed by atoms with Crippen molar-refractivity contribution in [1.82, 2.24) is 0 Å². The van der Waals surface area contributed by atoms with Gasteiger partial charge in [-0.05, 0) is 25.5 Å². The van der Waals surface area contributed by atoms with Gasteiger partial charge in [-0.25, -0.2) is 0 Å². The number of benzene rings is 1. The molecule has 0 spiro atoms. The smallest absolute Gasteiger partial charge is 0.221 e. The van der Waals surface area contributed by atoms with Gasteiger partial charge in [-0.3, -0.25) is 4.79 Å². The third kappa shape index (κ3) is 3.26. The number of anilines is 2. The van der Waals surface area contributed by atoms with Crippen LogP contribution in [-0.4, -0.2) is 19.0 Å². The number of para-hydroxylation sites is 2. The Bertz CT molecular complexity index is 350. The molecule has 1 rings (SSSR count). The zero-order valence-corrected chi connectivity index (χ0v) is 10.3. The fourth-order valence-electron chi connectivity index (χ4n) is 1.76. The Balaban J connectivity index is 2.95. The van der Waals surface area contributed by atoms with Crippen molar-refractivity contribution in [2.45, 2.75) is 27.2 Å². The molecule has 0 aliphatic carbocycles. The molecule has 3 nitrogen and oxygen atoms in total. The number of carbonyl (C=O) groups is 1. The SMILES string of the molecule is CCCN(CC)c1ccccc1NC(C)=O. The van der Waals surface area contributed by atoms with Gasteiger partial charge in [-0.1, -0.05) is 19.1 Å². The fraction of sp³-hybridized carbons (Fsp3) is 0.462. The maximum Gasteiger partial charge on any atom is 0.221 e. The molecule has 0 radical (unpaired) electrons. The van der Waals surface area contributed by atoms with E-state index in [4.69, 9.17) is 0 Å². The molecule has 0 fully saturated rings. The monoisotopic (exact) mass is 220 g/mol. The molecule has 0 atom stereocenters. The maximum atomic E-state index is 11.1. The lowest BCUT2D eigenvalue weighted by Crippen LogP contribution is -2.24. The highest BCUT2D eigenvalue weighted by atomic mass is 16.1. The lowest BCUT2D eigenvalue weighted by Gasteiger charge is -2.25.